The largest absolute Gasteiger partial charge is 0.467 e. The van der Waals surface area contributed by atoms with Crippen LogP contribution in [0.2, 0.25) is 0 Å². The van der Waals surface area contributed by atoms with E-state index in [9.17, 15) is 14.3 Å². The van der Waals surface area contributed by atoms with Gasteiger partial charge in [0.25, 0.3) is 0 Å². The van der Waals surface area contributed by atoms with Gasteiger partial charge in [-0.2, -0.15) is 0 Å². The number of halogens is 1. The predicted molar refractivity (Wildman–Crippen MR) is 69.9 cm³/mol. The number of aliphatic hydroxyl groups is 1. The Hall–Kier alpha value is -2.40. The highest BCUT2D eigenvalue weighted by Gasteiger charge is 2.17. The van der Waals surface area contributed by atoms with Crippen molar-refractivity contribution in [1.82, 2.24) is 0 Å². The molecule has 0 radical (unpaired) electrons. The quantitative estimate of drug-likeness (QED) is 0.872. The Balaban J connectivity index is 2.08. The molecular formula is C15H13FO4. The van der Waals surface area contributed by atoms with Gasteiger partial charge in [-0.05, 0) is 42.0 Å². The molecule has 0 saturated heterocycles. The van der Waals surface area contributed by atoms with Gasteiger partial charge in [0.15, 0.2) is 6.10 Å². The Morgan fingerprint density at radius 1 is 1.05 bits per heavy atom. The van der Waals surface area contributed by atoms with Crippen molar-refractivity contribution in [3.63, 3.8) is 0 Å². The third-order valence-electron chi connectivity index (χ3n) is 2.67. The molecule has 104 valence electrons. The number of rotatable bonds is 4. The normalized spacial score (nSPS) is 11.8. The van der Waals surface area contributed by atoms with Gasteiger partial charge in [-0.25, -0.2) is 9.18 Å². The van der Waals surface area contributed by atoms with Crippen molar-refractivity contribution in [2.24, 2.45) is 0 Å². The molecule has 0 fully saturated rings. The summed E-state index contributed by atoms with van der Waals surface area (Å²) in [6, 6.07) is 11.9. The van der Waals surface area contributed by atoms with Crippen molar-refractivity contribution in [2.75, 3.05) is 7.11 Å². The molecule has 0 saturated carbocycles. The predicted octanol–water partition coefficient (Wildman–Crippen LogP) is 2.82. The molecule has 20 heavy (non-hydrogen) atoms. The molecule has 2 aromatic rings. The fourth-order valence-electron chi connectivity index (χ4n) is 1.60. The number of methoxy groups -OCH3 is 1. The van der Waals surface area contributed by atoms with Gasteiger partial charge in [0.1, 0.15) is 17.3 Å². The van der Waals surface area contributed by atoms with E-state index >= 15 is 0 Å². The van der Waals surface area contributed by atoms with E-state index in [0.29, 0.717) is 17.1 Å². The number of benzene rings is 2. The molecular weight excluding hydrogens is 263 g/mol. The molecule has 0 aliphatic rings. The molecule has 0 spiro atoms. The summed E-state index contributed by atoms with van der Waals surface area (Å²) in [6.45, 7) is 0. The summed E-state index contributed by atoms with van der Waals surface area (Å²) in [5, 5.41) is 9.64. The Kier molecular flexibility index (Phi) is 4.32. The lowest BCUT2D eigenvalue weighted by Gasteiger charge is -2.10. The van der Waals surface area contributed by atoms with Crippen LogP contribution in [0.25, 0.3) is 0 Å². The maximum absolute atomic E-state index is 12.7. The summed E-state index contributed by atoms with van der Waals surface area (Å²) in [7, 11) is 1.21. The molecule has 2 rings (SSSR count). The van der Waals surface area contributed by atoms with Crippen LogP contribution >= 0.6 is 0 Å². The van der Waals surface area contributed by atoms with Gasteiger partial charge in [0.2, 0.25) is 0 Å². The van der Waals surface area contributed by atoms with E-state index in [1.54, 1.807) is 24.3 Å². The van der Waals surface area contributed by atoms with Gasteiger partial charge in [-0.3, -0.25) is 0 Å². The first kappa shape index (κ1) is 14.0. The first-order chi connectivity index (χ1) is 9.60. The average molecular weight is 276 g/mol. The fourth-order valence-corrected chi connectivity index (χ4v) is 1.60. The maximum atomic E-state index is 12.7. The highest BCUT2D eigenvalue weighted by atomic mass is 19.1. The number of aliphatic hydroxyl groups excluding tert-OH is 1. The minimum atomic E-state index is -1.32. The minimum absolute atomic E-state index is 0.339. The summed E-state index contributed by atoms with van der Waals surface area (Å²) < 4.78 is 22.7. The fraction of sp³-hybridized carbons (Fsp3) is 0.133. The van der Waals surface area contributed by atoms with E-state index in [-0.39, 0.29) is 5.82 Å². The van der Waals surface area contributed by atoms with Crippen LogP contribution in [0, 0.1) is 5.82 Å². The van der Waals surface area contributed by atoms with Crippen LogP contribution in [-0.2, 0) is 9.53 Å². The lowest BCUT2D eigenvalue weighted by molar-refractivity contribution is -0.150. The molecule has 0 aliphatic carbocycles. The van der Waals surface area contributed by atoms with Gasteiger partial charge in [0, 0.05) is 0 Å². The Bertz CT molecular complexity index is 578. The summed E-state index contributed by atoms with van der Waals surface area (Å²) in [5.74, 6) is -0.0591. The molecule has 1 N–H and O–H groups in total. The molecule has 5 heteroatoms. The van der Waals surface area contributed by atoms with Gasteiger partial charge < -0.3 is 14.6 Å². The molecule has 0 bridgehead atoms. The summed E-state index contributed by atoms with van der Waals surface area (Å²) in [5.41, 5.74) is 0.406. The van der Waals surface area contributed by atoms with Crippen molar-refractivity contribution >= 4 is 5.97 Å². The third-order valence-corrected chi connectivity index (χ3v) is 2.67. The standard InChI is InChI=1S/C15H13FO4/c1-19-15(18)14(17)10-2-6-12(7-3-10)20-13-8-4-11(16)5-9-13/h2-9,14,17H,1H3. The monoisotopic (exact) mass is 276 g/mol. The highest BCUT2D eigenvalue weighted by molar-refractivity contribution is 5.76. The molecule has 0 heterocycles. The Labute approximate surface area is 115 Å². The van der Waals surface area contributed by atoms with Crippen LogP contribution in [0.3, 0.4) is 0 Å². The zero-order valence-corrected chi connectivity index (χ0v) is 10.7. The van der Waals surface area contributed by atoms with Crippen LogP contribution in [0.5, 0.6) is 11.5 Å². The van der Waals surface area contributed by atoms with Crippen LogP contribution in [0.1, 0.15) is 11.7 Å². The first-order valence-corrected chi connectivity index (χ1v) is 5.89. The van der Waals surface area contributed by atoms with E-state index in [4.69, 9.17) is 4.74 Å². The maximum Gasteiger partial charge on any atom is 0.339 e. The first-order valence-electron chi connectivity index (χ1n) is 5.89. The molecule has 2 aromatic carbocycles. The summed E-state index contributed by atoms with van der Waals surface area (Å²) in [6.07, 6.45) is -1.32. The number of hydrogen-bond acceptors (Lipinski definition) is 4. The van der Waals surface area contributed by atoms with E-state index in [1.807, 2.05) is 0 Å². The van der Waals surface area contributed by atoms with E-state index in [2.05, 4.69) is 4.74 Å². The topological polar surface area (TPSA) is 55.8 Å². The minimum Gasteiger partial charge on any atom is -0.467 e. The van der Waals surface area contributed by atoms with Crippen molar-refractivity contribution < 1.29 is 23.8 Å². The molecule has 0 aliphatic heterocycles. The van der Waals surface area contributed by atoms with E-state index in [0.717, 1.165) is 0 Å². The smallest absolute Gasteiger partial charge is 0.339 e. The number of carbonyl (C=O) groups is 1. The molecule has 0 aromatic heterocycles. The van der Waals surface area contributed by atoms with Crippen molar-refractivity contribution in [1.29, 1.82) is 0 Å². The van der Waals surface area contributed by atoms with Crippen LogP contribution < -0.4 is 4.74 Å². The van der Waals surface area contributed by atoms with Gasteiger partial charge in [0.05, 0.1) is 7.11 Å². The van der Waals surface area contributed by atoms with Gasteiger partial charge in [-0.15, -0.1) is 0 Å². The second-order valence-electron chi connectivity index (χ2n) is 4.05. The number of ether oxygens (including phenoxy) is 2. The summed E-state index contributed by atoms with van der Waals surface area (Å²) >= 11 is 0. The Morgan fingerprint density at radius 3 is 2.05 bits per heavy atom. The summed E-state index contributed by atoms with van der Waals surface area (Å²) in [4.78, 5) is 11.2. The highest BCUT2D eigenvalue weighted by Crippen LogP contribution is 2.24. The lowest BCUT2D eigenvalue weighted by Crippen LogP contribution is -2.13. The molecule has 1 unspecified atom stereocenters. The SMILES string of the molecule is COC(=O)C(O)c1ccc(Oc2ccc(F)cc2)cc1. The van der Waals surface area contributed by atoms with Crippen LogP contribution in [-0.4, -0.2) is 18.2 Å². The van der Waals surface area contributed by atoms with Crippen molar-refractivity contribution in [2.45, 2.75) is 6.10 Å². The zero-order chi connectivity index (χ0) is 14.5. The lowest BCUT2D eigenvalue weighted by atomic mass is 10.1. The second kappa shape index (κ2) is 6.16. The third kappa shape index (κ3) is 3.33. The molecule has 4 nitrogen and oxygen atoms in total. The van der Waals surface area contributed by atoms with E-state index in [1.165, 1.54) is 31.4 Å². The molecule has 0 amide bonds. The van der Waals surface area contributed by atoms with Crippen LogP contribution in [0.15, 0.2) is 48.5 Å². The van der Waals surface area contributed by atoms with Crippen LogP contribution in [0.4, 0.5) is 4.39 Å². The number of carbonyl (C=O) groups excluding carboxylic acids is 1. The zero-order valence-electron chi connectivity index (χ0n) is 10.7. The van der Waals surface area contributed by atoms with Gasteiger partial charge in [-0.1, -0.05) is 12.1 Å². The van der Waals surface area contributed by atoms with Crippen molar-refractivity contribution in [3.8, 4) is 11.5 Å². The molecule has 1 atom stereocenters. The van der Waals surface area contributed by atoms with Crippen molar-refractivity contribution in [3.05, 3.63) is 59.9 Å². The van der Waals surface area contributed by atoms with Gasteiger partial charge >= 0.3 is 5.97 Å². The number of esters is 1. The number of hydrogen-bond donors (Lipinski definition) is 1. The Morgan fingerprint density at radius 2 is 1.55 bits per heavy atom. The second-order valence-corrected chi connectivity index (χ2v) is 4.05. The average Bonchev–Trinajstić information content (AvgIpc) is 2.49. The van der Waals surface area contributed by atoms with E-state index < -0.39 is 12.1 Å².